The molecule has 0 saturated heterocycles. The minimum atomic E-state index is 0.233. The number of hydrazine groups is 1. The normalized spacial score (nSPS) is 12.6. The first-order valence-corrected chi connectivity index (χ1v) is 6.38. The highest BCUT2D eigenvalue weighted by Crippen LogP contribution is 2.13. The van der Waals surface area contributed by atoms with E-state index in [0.717, 1.165) is 30.0 Å². The number of halogens is 1. The van der Waals surface area contributed by atoms with E-state index in [4.69, 9.17) is 21.9 Å². The van der Waals surface area contributed by atoms with Crippen LogP contribution < -0.4 is 11.3 Å². The molecular formula is C14H17ClN2O. The largest absolute Gasteiger partial charge is 0.469 e. The van der Waals surface area contributed by atoms with E-state index in [2.05, 4.69) is 5.43 Å². The minimum absolute atomic E-state index is 0.233. The van der Waals surface area contributed by atoms with Gasteiger partial charge in [-0.05, 0) is 42.7 Å². The lowest BCUT2D eigenvalue weighted by atomic mass is 10.0. The topological polar surface area (TPSA) is 51.2 Å². The second-order valence-electron chi connectivity index (χ2n) is 4.31. The van der Waals surface area contributed by atoms with Gasteiger partial charge in [-0.2, -0.15) is 0 Å². The monoisotopic (exact) mass is 264 g/mol. The Balaban J connectivity index is 1.87. The van der Waals surface area contributed by atoms with Crippen LogP contribution in [0.15, 0.2) is 47.1 Å². The number of hydrogen-bond acceptors (Lipinski definition) is 3. The van der Waals surface area contributed by atoms with Gasteiger partial charge in [-0.25, -0.2) is 0 Å². The van der Waals surface area contributed by atoms with E-state index < -0.39 is 0 Å². The van der Waals surface area contributed by atoms with Gasteiger partial charge in [0.25, 0.3) is 0 Å². The zero-order valence-corrected chi connectivity index (χ0v) is 10.9. The fourth-order valence-corrected chi connectivity index (χ4v) is 2.05. The van der Waals surface area contributed by atoms with Gasteiger partial charge in [0.1, 0.15) is 5.76 Å². The Bertz CT molecular complexity index is 453. The first kappa shape index (κ1) is 13.1. The molecule has 3 nitrogen and oxygen atoms in total. The zero-order valence-electron chi connectivity index (χ0n) is 10.1. The maximum atomic E-state index is 5.86. The molecule has 4 heteroatoms. The Kier molecular flexibility index (Phi) is 4.81. The lowest BCUT2D eigenvalue weighted by Crippen LogP contribution is -2.37. The highest BCUT2D eigenvalue weighted by atomic mass is 35.5. The first-order chi connectivity index (χ1) is 8.78. The van der Waals surface area contributed by atoms with Crippen molar-refractivity contribution in [1.29, 1.82) is 0 Å². The maximum absolute atomic E-state index is 5.86. The maximum Gasteiger partial charge on any atom is 0.103 e. The van der Waals surface area contributed by atoms with E-state index in [9.17, 15) is 0 Å². The number of benzene rings is 1. The van der Waals surface area contributed by atoms with Gasteiger partial charge in [-0.1, -0.05) is 23.7 Å². The highest BCUT2D eigenvalue weighted by Gasteiger charge is 2.09. The summed E-state index contributed by atoms with van der Waals surface area (Å²) in [7, 11) is 0. The Morgan fingerprint density at radius 2 is 2.00 bits per heavy atom. The van der Waals surface area contributed by atoms with Crippen LogP contribution in [0.1, 0.15) is 17.7 Å². The van der Waals surface area contributed by atoms with Crippen LogP contribution >= 0.6 is 11.6 Å². The van der Waals surface area contributed by atoms with Crippen molar-refractivity contribution < 1.29 is 4.42 Å². The van der Waals surface area contributed by atoms with Gasteiger partial charge in [0.05, 0.1) is 6.26 Å². The fraction of sp³-hybridized carbons (Fsp3) is 0.286. The van der Waals surface area contributed by atoms with Gasteiger partial charge in [0.15, 0.2) is 0 Å². The highest BCUT2D eigenvalue weighted by molar-refractivity contribution is 6.30. The van der Waals surface area contributed by atoms with E-state index in [0.29, 0.717) is 0 Å². The third kappa shape index (κ3) is 3.88. The summed E-state index contributed by atoms with van der Waals surface area (Å²) in [6.07, 6.45) is 4.40. The molecule has 18 heavy (non-hydrogen) atoms. The van der Waals surface area contributed by atoms with Crippen molar-refractivity contribution in [2.45, 2.75) is 25.3 Å². The molecule has 0 bridgehead atoms. The Labute approximate surface area is 112 Å². The minimum Gasteiger partial charge on any atom is -0.469 e. The number of hydrogen-bond donors (Lipinski definition) is 2. The third-order valence-corrected chi connectivity index (χ3v) is 3.20. The summed E-state index contributed by atoms with van der Waals surface area (Å²) in [5, 5.41) is 0.756. The van der Waals surface area contributed by atoms with E-state index >= 15 is 0 Å². The van der Waals surface area contributed by atoms with Crippen molar-refractivity contribution in [3.63, 3.8) is 0 Å². The van der Waals surface area contributed by atoms with Crippen molar-refractivity contribution in [2.24, 2.45) is 5.84 Å². The molecule has 1 heterocycles. The molecule has 0 aliphatic carbocycles. The van der Waals surface area contributed by atoms with Crippen molar-refractivity contribution in [2.75, 3.05) is 0 Å². The van der Waals surface area contributed by atoms with Crippen LogP contribution in [0.3, 0.4) is 0 Å². The zero-order chi connectivity index (χ0) is 12.8. The molecule has 1 aromatic carbocycles. The molecule has 1 unspecified atom stereocenters. The average Bonchev–Trinajstić information content (AvgIpc) is 2.90. The molecule has 0 saturated carbocycles. The van der Waals surface area contributed by atoms with Crippen LogP contribution in [0.4, 0.5) is 0 Å². The molecule has 0 fully saturated rings. The quantitative estimate of drug-likeness (QED) is 0.623. The number of furan rings is 1. The summed E-state index contributed by atoms with van der Waals surface area (Å²) in [6, 6.07) is 12.0. The molecule has 96 valence electrons. The number of rotatable bonds is 6. The Morgan fingerprint density at radius 3 is 2.61 bits per heavy atom. The predicted molar refractivity (Wildman–Crippen MR) is 73.3 cm³/mol. The Morgan fingerprint density at radius 1 is 1.22 bits per heavy atom. The van der Waals surface area contributed by atoms with Crippen LogP contribution in [0.25, 0.3) is 0 Å². The van der Waals surface area contributed by atoms with Gasteiger partial charge < -0.3 is 4.42 Å². The van der Waals surface area contributed by atoms with Gasteiger partial charge in [-0.3, -0.25) is 11.3 Å². The molecule has 0 spiro atoms. The van der Waals surface area contributed by atoms with Gasteiger partial charge in [0, 0.05) is 17.5 Å². The SMILES string of the molecule is NNC(CCc1ccco1)Cc1ccc(Cl)cc1. The number of nitrogens with one attached hydrogen (secondary N) is 1. The van der Waals surface area contributed by atoms with Crippen molar-refractivity contribution in [1.82, 2.24) is 5.43 Å². The van der Waals surface area contributed by atoms with E-state index in [1.54, 1.807) is 6.26 Å². The van der Waals surface area contributed by atoms with Crippen LogP contribution in [-0.2, 0) is 12.8 Å². The van der Waals surface area contributed by atoms with Crippen LogP contribution in [0, 0.1) is 0 Å². The summed E-state index contributed by atoms with van der Waals surface area (Å²) < 4.78 is 5.31. The van der Waals surface area contributed by atoms with E-state index in [1.165, 1.54) is 5.56 Å². The second kappa shape index (κ2) is 6.59. The predicted octanol–water partition coefficient (Wildman–Crippen LogP) is 2.94. The Hall–Kier alpha value is -1.29. The summed E-state index contributed by atoms with van der Waals surface area (Å²) in [6.45, 7) is 0. The fourth-order valence-electron chi connectivity index (χ4n) is 1.92. The standard InChI is InChI=1S/C14H17ClN2O/c15-12-5-3-11(4-6-12)10-13(17-16)7-8-14-2-1-9-18-14/h1-6,9,13,17H,7-8,10,16H2. The molecular weight excluding hydrogens is 248 g/mol. The number of nitrogens with two attached hydrogens (primary N) is 1. The van der Waals surface area contributed by atoms with Crippen LogP contribution in [0.5, 0.6) is 0 Å². The van der Waals surface area contributed by atoms with Crippen LogP contribution in [-0.4, -0.2) is 6.04 Å². The second-order valence-corrected chi connectivity index (χ2v) is 4.75. The molecule has 0 radical (unpaired) electrons. The van der Waals surface area contributed by atoms with Crippen LogP contribution in [0.2, 0.25) is 5.02 Å². The van der Waals surface area contributed by atoms with Gasteiger partial charge in [0.2, 0.25) is 0 Å². The first-order valence-electron chi connectivity index (χ1n) is 6.01. The molecule has 2 aromatic rings. The molecule has 1 aromatic heterocycles. The van der Waals surface area contributed by atoms with Gasteiger partial charge >= 0.3 is 0 Å². The lowest BCUT2D eigenvalue weighted by molar-refractivity contribution is 0.447. The van der Waals surface area contributed by atoms with Crippen molar-refractivity contribution in [3.05, 3.63) is 59.0 Å². The molecule has 0 aliphatic heterocycles. The summed E-state index contributed by atoms with van der Waals surface area (Å²) >= 11 is 5.86. The summed E-state index contributed by atoms with van der Waals surface area (Å²) in [5.41, 5.74) is 4.08. The molecule has 2 rings (SSSR count). The molecule has 3 N–H and O–H groups in total. The molecule has 0 aliphatic rings. The smallest absolute Gasteiger partial charge is 0.103 e. The average molecular weight is 265 g/mol. The summed E-state index contributed by atoms with van der Waals surface area (Å²) in [4.78, 5) is 0. The van der Waals surface area contributed by atoms with E-state index in [-0.39, 0.29) is 6.04 Å². The lowest BCUT2D eigenvalue weighted by Gasteiger charge is -2.15. The number of aryl methyl sites for hydroxylation is 1. The van der Waals surface area contributed by atoms with Crippen molar-refractivity contribution >= 4 is 11.6 Å². The van der Waals surface area contributed by atoms with Gasteiger partial charge in [-0.15, -0.1) is 0 Å². The third-order valence-electron chi connectivity index (χ3n) is 2.95. The molecule has 1 atom stereocenters. The summed E-state index contributed by atoms with van der Waals surface area (Å²) in [5.74, 6) is 6.58. The van der Waals surface area contributed by atoms with Crippen molar-refractivity contribution in [3.8, 4) is 0 Å². The molecule has 0 amide bonds. The van der Waals surface area contributed by atoms with E-state index in [1.807, 2.05) is 36.4 Å².